The number of carbonyl (C=O) groups is 3. The Labute approximate surface area is 139 Å². The molecule has 1 aliphatic heterocycles. The standard InChI is InChI=1S/C17H17NO4S/c1-12(2)22-15(19)11-18-16(20)14(23-17(18)21)10-6-9-13-7-4-3-5-8-13/h3-10,12H,11H2,1-2H3/b9-6+,14-10+. The van der Waals surface area contributed by atoms with Crippen LogP contribution in [-0.4, -0.2) is 34.7 Å². The molecule has 0 radical (unpaired) electrons. The molecule has 120 valence electrons. The zero-order valence-electron chi connectivity index (χ0n) is 12.9. The van der Waals surface area contributed by atoms with E-state index in [0.29, 0.717) is 4.91 Å². The van der Waals surface area contributed by atoms with E-state index in [4.69, 9.17) is 4.74 Å². The number of allylic oxidation sites excluding steroid dienone is 2. The quantitative estimate of drug-likeness (QED) is 0.612. The lowest BCUT2D eigenvalue weighted by Crippen LogP contribution is -2.35. The maximum Gasteiger partial charge on any atom is 0.326 e. The highest BCUT2D eigenvalue weighted by Gasteiger charge is 2.36. The Bertz CT molecular complexity index is 664. The van der Waals surface area contributed by atoms with Crippen molar-refractivity contribution in [3.05, 3.63) is 53.0 Å². The van der Waals surface area contributed by atoms with Gasteiger partial charge in [0.05, 0.1) is 11.0 Å². The fourth-order valence-corrected chi connectivity index (χ4v) is 2.68. The maximum absolute atomic E-state index is 12.2. The molecule has 1 aromatic carbocycles. The van der Waals surface area contributed by atoms with Crippen molar-refractivity contribution in [2.75, 3.05) is 6.54 Å². The molecule has 2 rings (SSSR count). The predicted molar refractivity (Wildman–Crippen MR) is 89.5 cm³/mol. The summed E-state index contributed by atoms with van der Waals surface area (Å²) in [6.45, 7) is 3.06. The summed E-state index contributed by atoms with van der Waals surface area (Å²) in [7, 11) is 0. The maximum atomic E-state index is 12.2. The van der Waals surface area contributed by atoms with Crippen LogP contribution in [0.25, 0.3) is 6.08 Å². The van der Waals surface area contributed by atoms with Crippen molar-refractivity contribution >= 4 is 35.0 Å². The molecule has 5 nitrogen and oxygen atoms in total. The molecule has 0 aromatic heterocycles. The van der Waals surface area contributed by atoms with Crippen molar-refractivity contribution in [1.82, 2.24) is 4.90 Å². The highest BCUT2D eigenvalue weighted by atomic mass is 32.2. The van der Waals surface area contributed by atoms with Crippen molar-refractivity contribution in [2.24, 2.45) is 0 Å². The first kappa shape index (κ1) is 17.0. The third-order valence-electron chi connectivity index (χ3n) is 2.86. The van der Waals surface area contributed by atoms with E-state index < -0.39 is 17.1 Å². The van der Waals surface area contributed by atoms with Crippen molar-refractivity contribution in [1.29, 1.82) is 0 Å². The summed E-state index contributed by atoms with van der Waals surface area (Å²) >= 11 is 0.817. The van der Waals surface area contributed by atoms with Gasteiger partial charge in [0.1, 0.15) is 6.54 Å². The molecule has 1 aromatic rings. The molecule has 0 aliphatic carbocycles. The molecule has 0 unspecified atom stereocenters. The van der Waals surface area contributed by atoms with Crippen LogP contribution in [0, 0.1) is 0 Å². The average Bonchev–Trinajstić information content (AvgIpc) is 2.75. The second kappa shape index (κ2) is 7.78. The minimum Gasteiger partial charge on any atom is -0.462 e. The molecule has 0 atom stereocenters. The lowest BCUT2D eigenvalue weighted by atomic mass is 10.2. The molecule has 1 heterocycles. The van der Waals surface area contributed by atoms with Gasteiger partial charge in [-0.2, -0.15) is 0 Å². The molecule has 1 saturated heterocycles. The summed E-state index contributed by atoms with van der Waals surface area (Å²) in [6, 6.07) is 9.59. The van der Waals surface area contributed by atoms with Gasteiger partial charge in [0.15, 0.2) is 0 Å². The van der Waals surface area contributed by atoms with Crippen LogP contribution in [-0.2, 0) is 14.3 Å². The number of imide groups is 1. The van der Waals surface area contributed by atoms with E-state index in [1.54, 1.807) is 26.0 Å². The zero-order chi connectivity index (χ0) is 16.8. The van der Waals surface area contributed by atoms with E-state index in [1.807, 2.05) is 36.4 Å². The monoisotopic (exact) mass is 331 g/mol. The largest absolute Gasteiger partial charge is 0.462 e. The van der Waals surface area contributed by atoms with E-state index >= 15 is 0 Å². The molecule has 1 fully saturated rings. The van der Waals surface area contributed by atoms with Gasteiger partial charge in [-0.1, -0.05) is 42.5 Å². The van der Waals surface area contributed by atoms with Crippen molar-refractivity contribution in [3.63, 3.8) is 0 Å². The summed E-state index contributed by atoms with van der Waals surface area (Å²) < 4.78 is 4.96. The summed E-state index contributed by atoms with van der Waals surface area (Å²) in [4.78, 5) is 36.8. The van der Waals surface area contributed by atoms with Crippen LogP contribution >= 0.6 is 11.8 Å². The summed E-state index contributed by atoms with van der Waals surface area (Å²) in [5.41, 5.74) is 0.989. The van der Waals surface area contributed by atoms with Crippen LogP contribution in [0.2, 0.25) is 0 Å². The number of carbonyl (C=O) groups excluding carboxylic acids is 3. The van der Waals surface area contributed by atoms with Crippen molar-refractivity contribution < 1.29 is 19.1 Å². The zero-order valence-corrected chi connectivity index (χ0v) is 13.7. The average molecular weight is 331 g/mol. The van der Waals surface area contributed by atoms with Gasteiger partial charge in [0.2, 0.25) is 0 Å². The smallest absolute Gasteiger partial charge is 0.326 e. The Morgan fingerprint density at radius 3 is 2.61 bits per heavy atom. The van der Waals surface area contributed by atoms with Gasteiger partial charge in [-0.3, -0.25) is 19.3 Å². The third kappa shape index (κ3) is 4.82. The highest BCUT2D eigenvalue weighted by Crippen LogP contribution is 2.30. The normalized spacial score (nSPS) is 16.8. The number of esters is 1. The third-order valence-corrected chi connectivity index (χ3v) is 3.79. The number of nitrogens with zero attached hydrogens (tertiary/aromatic N) is 1. The van der Waals surface area contributed by atoms with Crippen LogP contribution in [0.15, 0.2) is 47.4 Å². The van der Waals surface area contributed by atoms with Crippen molar-refractivity contribution in [2.45, 2.75) is 20.0 Å². The van der Waals surface area contributed by atoms with E-state index in [1.165, 1.54) is 0 Å². The lowest BCUT2D eigenvalue weighted by molar-refractivity contribution is -0.149. The Balaban J connectivity index is 2.01. The molecule has 0 saturated carbocycles. The highest BCUT2D eigenvalue weighted by molar-refractivity contribution is 8.18. The summed E-state index contributed by atoms with van der Waals surface area (Å²) in [6.07, 6.45) is 4.83. The van der Waals surface area contributed by atoms with Gasteiger partial charge >= 0.3 is 5.97 Å². The van der Waals surface area contributed by atoms with Gasteiger partial charge in [-0.25, -0.2) is 0 Å². The molecule has 0 bridgehead atoms. The Hall–Kier alpha value is -2.34. The topological polar surface area (TPSA) is 63.7 Å². The molecular weight excluding hydrogens is 314 g/mol. The SMILES string of the molecule is CC(C)OC(=O)CN1C(=O)S/C(=C/C=C/c2ccccc2)C1=O. The summed E-state index contributed by atoms with van der Waals surface area (Å²) in [5, 5.41) is -0.463. The Morgan fingerprint density at radius 2 is 1.96 bits per heavy atom. The fraction of sp³-hybridized carbons (Fsp3) is 0.235. The van der Waals surface area contributed by atoms with Crippen LogP contribution in [0.5, 0.6) is 0 Å². The molecule has 0 spiro atoms. The second-order valence-electron chi connectivity index (χ2n) is 5.10. The lowest BCUT2D eigenvalue weighted by Gasteiger charge is -2.13. The van der Waals surface area contributed by atoms with E-state index in [-0.39, 0.29) is 12.6 Å². The number of thioether (sulfide) groups is 1. The molecular formula is C17H17NO4S. The number of amides is 2. The number of hydrogen-bond donors (Lipinski definition) is 0. The van der Waals surface area contributed by atoms with Crippen LogP contribution in [0.4, 0.5) is 4.79 Å². The minimum absolute atomic E-state index is 0.285. The number of rotatable bonds is 5. The molecule has 2 amide bonds. The van der Waals surface area contributed by atoms with Gasteiger partial charge in [-0.05, 0) is 37.2 Å². The molecule has 6 heteroatoms. The van der Waals surface area contributed by atoms with E-state index in [0.717, 1.165) is 22.2 Å². The first-order valence-electron chi connectivity index (χ1n) is 7.14. The molecule has 0 N–H and O–H groups in total. The fourth-order valence-electron chi connectivity index (χ4n) is 1.89. The van der Waals surface area contributed by atoms with Gasteiger partial charge in [0.25, 0.3) is 11.1 Å². The van der Waals surface area contributed by atoms with Crippen molar-refractivity contribution in [3.8, 4) is 0 Å². The molecule has 1 aliphatic rings. The summed E-state index contributed by atoms with van der Waals surface area (Å²) in [5.74, 6) is -1.07. The van der Waals surface area contributed by atoms with Gasteiger partial charge in [0, 0.05) is 0 Å². The Morgan fingerprint density at radius 1 is 1.26 bits per heavy atom. The first-order chi connectivity index (χ1) is 11.0. The van der Waals surface area contributed by atoms with Crippen LogP contribution < -0.4 is 0 Å². The van der Waals surface area contributed by atoms with Gasteiger partial charge in [-0.15, -0.1) is 0 Å². The van der Waals surface area contributed by atoms with Crippen LogP contribution in [0.3, 0.4) is 0 Å². The number of hydrogen-bond acceptors (Lipinski definition) is 5. The Kier molecular flexibility index (Phi) is 5.76. The first-order valence-corrected chi connectivity index (χ1v) is 7.95. The number of ether oxygens (including phenoxy) is 1. The van der Waals surface area contributed by atoms with E-state index in [2.05, 4.69) is 0 Å². The predicted octanol–water partition coefficient (Wildman–Crippen LogP) is 3.23. The van der Waals surface area contributed by atoms with Gasteiger partial charge < -0.3 is 4.74 Å². The molecule has 23 heavy (non-hydrogen) atoms. The van der Waals surface area contributed by atoms with E-state index in [9.17, 15) is 14.4 Å². The minimum atomic E-state index is -0.594. The number of benzene rings is 1. The van der Waals surface area contributed by atoms with Crippen LogP contribution in [0.1, 0.15) is 19.4 Å². The second-order valence-corrected chi connectivity index (χ2v) is 6.09.